The molecule has 2 N–H and O–H groups in total. The van der Waals surface area contributed by atoms with Crippen LogP contribution < -0.4 is 20.1 Å². The number of fused-ring (bicyclic) bond motifs is 1. The molecule has 2 heterocycles. The number of nitrogens with zero attached hydrogens (tertiary/aromatic N) is 1. The van der Waals surface area contributed by atoms with Crippen LogP contribution in [0.15, 0.2) is 47.4 Å². The summed E-state index contributed by atoms with van der Waals surface area (Å²) in [5.74, 6) is 2.28. The van der Waals surface area contributed by atoms with Gasteiger partial charge in [-0.2, -0.15) is 0 Å². The molecule has 4 rings (SSSR count). The second-order valence-corrected chi connectivity index (χ2v) is 7.62. The fourth-order valence-corrected chi connectivity index (χ4v) is 4.69. The van der Waals surface area contributed by atoms with Gasteiger partial charge in [0.1, 0.15) is 6.04 Å². The number of ether oxygens (including phenoxy) is 4. The number of methoxy groups -OCH3 is 4. The molecule has 8 nitrogen and oxygen atoms in total. The lowest BCUT2D eigenvalue weighted by Crippen LogP contribution is -2.51. The topological polar surface area (TPSA) is 81.3 Å². The minimum atomic E-state index is -0.407. The summed E-state index contributed by atoms with van der Waals surface area (Å²) in [6.45, 7) is 7.46. The molecule has 0 spiro atoms. The van der Waals surface area contributed by atoms with Crippen molar-refractivity contribution in [2.45, 2.75) is 12.1 Å². The molecule has 0 aromatic heterocycles. The molecule has 2 atom stereocenters. The minimum Gasteiger partial charge on any atom is -0.493 e. The van der Waals surface area contributed by atoms with E-state index in [-0.39, 0.29) is 11.9 Å². The zero-order chi connectivity index (χ0) is 22.1. The predicted octanol–water partition coefficient (Wildman–Crippen LogP) is 1.30. The second kappa shape index (κ2) is 8.64. The lowest BCUT2D eigenvalue weighted by atomic mass is 9.82. The van der Waals surface area contributed by atoms with Crippen molar-refractivity contribution in [2.75, 3.05) is 54.6 Å². The van der Waals surface area contributed by atoms with Gasteiger partial charge in [0.05, 0.1) is 34.5 Å². The molecule has 2 fully saturated rings. The van der Waals surface area contributed by atoms with Crippen molar-refractivity contribution in [2.24, 2.45) is 0 Å². The van der Waals surface area contributed by atoms with Gasteiger partial charge in [0.2, 0.25) is 5.91 Å². The van der Waals surface area contributed by atoms with Gasteiger partial charge in [0, 0.05) is 37.3 Å². The van der Waals surface area contributed by atoms with E-state index < -0.39 is 6.04 Å². The summed E-state index contributed by atoms with van der Waals surface area (Å²) in [4.78, 5) is 15.4. The number of benzene rings is 1. The first-order valence-corrected chi connectivity index (χ1v) is 10.3. The Morgan fingerprint density at radius 1 is 0.968 bits per heavy atom. The molecule has 2 unspecified atom stereocenters. The van der Waals surface area contributed by atoms with Gasteiger partial charge in [-0.25, -0.2) is 0 Å². The Balaban J connectivity index is 1.96. The normalized spacial score (nSPS) is 24.1. The Hall–Kier alpha value is -2.97. The van der Waals surface area contributed by atoms with Gasteiger partial charge in [0.25, 0.3) is 0 Å². The Bertz CT molecular complexity index is 962. The van der Waals surface area contributed by atoms with E-state index in [0.717, 1.165) is 42.9 Å². The fourth-order valence-electron chi connectivity index (χ4n) is 4.69. The van der Waals surface area contributed by atoms with Crippen LogP contribution in [0.2, 0.25) is 0 Å². The van der Waals surface area contributed by atoms with Crippen molar-refractivity contribution in [1.29, 1.82) is 0 Å². The smallest absolute Gasteiger partial charge is 0.242 e. The molecule has 1 aliphatic carbocycles. The Labute approximate surface area is 182 Å². The number of rotatable bonds is 6. The van der Waals surface area contributed by atoms with Crippen molar-refractivity contribution < 1.29 is 23.7 Å². The Morgan fingerprint density at radius 3 is 2.26 bits per heavy atom. The maximum Gasteiger partial charge on any atom is 0.242 e. The molecule has 31 heavy (non-hydrogen) atoms. The lowest BCUT2D eigenvalue weighted by Gasteiger charge is -2.35. The third-order valence-corrected chi connectivity index (χ3v) is 6.10. The number of hydrogen-bond donors (Lipinski definition) is 2. The number of carbonyl (C=O) groups is 1. The zero-order valence-corrected chi connectivity index (χ0v) is 18.4. The predicted molar refractivity (Wildman–Crippen MR) is 117 cm³/mol. The first-order valence-electron chi connectivity index (χ1n) is 10.3. The monoisotopic (exact) mass is 427 g/mol. The van der Waals surface area contributed by atoms with Crippen LogP contribution in [0, 0.1) is 0 Å². The quantitative estimate of drug-likeness (QED) is 0.708. The number of piperazine rings is 1. The van der Waals surface area contributed by atoms with Gasteiger partial charge in [-0.15, -0.1) is 0 Å². The highest BCUT2D eigenvalue weighted by Crippen LogP contribution is 2.45. The summed E-state index contributed by atoms with van der Waals surface area (Å²) in [5.41, 5.74) is 3.29. The molecule has 0 saturated carbocycles. The SMILES string of the molecule is C=C1C(OC)=C(OC)C(c2ccc(OC)c(OC)c2)=C2C1NC(=O)C2N1CCNCC1. The summed E-state index contributed by atoms with van der Waals surface area (Å²) in [6, 6.07) is 4.93. The molecule has 8 heteroatoms. The average Bonchev–Trinajstić information content (AvgIpc) is 3.15. The minimum absolute atomic E-state index is 0.0335. The van der Waals surface area contributed by atoms with E-state index in [1.807, 2.05) is 18.2 Å². The molecular formula is C23H29N3O5. The van der Waals surface area contributed by atoms with Crippen molar-refractivity contribution >= 4 is 11.5 Å². The molecule has 1 amide bonds. The van der Waals surface area contributed by atoms with Crippen LogP contribution >= 0.6 is 0 Å². The molecule has 3 aliphatic rings. The molecule has 2 saturated heterocycles. The third-order valence-electron chi connectivity index (χ3n) is 6.10. The number of hydrogen-bond acceptors (Lipinski definition) is 7. The molecule has 1 aromatic carbocycles. The van der Waals surface area contributed by atoms with Gasteiger partial charge in [0.15, 0.2) is 23.0 Å². The summed E-state index contributed by atoms with van der Waals surface area (Å²) in [6.07, 6.45) is 0. The molecule has 1 aromatic rings. The number of amides is 1. The van der Waals surface area contributed by atoms with Gasteiger partial charge in [-0.3, -0.25) is 9.69 Å². The molecule has 0 bridgehead atoms. The van der Waals surface area contributed by atoms with Crippen molar-refractivity contribution in [1.82, 2.24) is 15.5 Å². The average molecular weight is 428 g/mol. The van der Waals surface area contributed by atoms with E-state index in [1.165, 1.54) is 0 Å². The van der Waals surface area contributed by atoms with E-state index in [4.69, 9.17) is 18.9 Å². The van der Waals surface area contributed by atoms with Crippen molar-refractivity contribution in [3.05, 3.63) is 53.0 Å². The number of carbonyl (C=O) groups excluding carboxylic acids is 1. The maximum atomic E-state index is 13.2. The van der Waals surface area contributed by atoms with E-state index in [1.54, 1.807) is 28.4 Å². The summed E-state index contributed by atoms with van der Waals surface area (Å²) < 4.78 is 22.4. The largest absolute Gasteiger partial charge is 0.493 e. The maximum absolute atomic E-state index is 13.2. The fraction of sp³-hybridized carbons (Fsp3) is 0.435. The van der Waals surface area contributed by atoms with Crippen molar-refractivity contribution in [3.63, 3.8) is 0 Å². The van der Waals surface area contributed by atoms with Crippen LogP contribution in [0.4, 0.5) is 0 Å². The third kappa shape index (κ3) is 3.45. The first-order chi connectivity index (χ1) is 15.0. The molecule has 0 radical (unpaired) electrons. The van der Waals surface area contributed by atoms with Crippen LogP contribution in [-0.2, 0) is 14.3 Å². The first kappa shape index (κ1) is 21.3. The van der Waals surface area contributed by atoms with Crippen molar-refractivity contribution in [3.8, 4) is 11.5 Å². The van der Waals surface area contributed by atoms with E-state index in [2.05, 4.69) is 22.1 Å². The highest BCUT2D eigenvalue weighted by Gasteiger charge is 2.48. The number of nitrogens with one attached hydrogen (secondary N) is 2. The summed E-state index contributed by atoms with van der Waals surface area (Å²) in [7, 11) is 6.39. The van der Waals surface area contributed by atoms with Gasteiger partial charge in [-0.05, 0) is 23.3 Å². The second-order valence-electron chi connectivity index (χ2n) is 7.62. The van der Waals surface area contributed by atoms with E-state index >= 15 is 0 Å². The summed E-state index contributed by atoms with van der Waals surface area (Å²) in [5, 5.41) is 6.48. The number of allylic oxidation sites excluding steroid dienone is 1. The molecule has 2 aliphatic heterocycles. The lowest BCUT2D eigenvalue weighted by molar-refractivity contribution is -0.123. The molecular weight excluding hydrogens is 398 g/mol. The summed E-state index contributed by atoms with van der Waals surface area (Å²) >= 11 is 0. The van der Waals surface area contributed by atoms with Gasteiger partial charge < -0.3 is 29.6 Å². The van der Waals surface area contributed by atoms with E-state index in [9.17, 15) is 4.79 Å². The van der Waals surface area contributed by atoms with Crippen LogP contribution in [0.3, 0.4) is 0 Å². The highest BCUT2D eigenvalue weighted by atomic mass is 16.5. The highest BCUT2D eigenvalue weighted by molar-refractivity contribution is 5.99. The van der Waals surface area contributed by atoms with Gasteiger partial charge >= 0.3 is 0 Å². The zero-order valence-electron chi connectivity index (χ0n) is 18.4. The van der Waals surface area contributed by atoms with Crippen LogP contribution in [-0.4, -0.2) is 77.5 Å². The van der Waals surface area contributed by atoms with Crippen LogP contribution in [0.5, 0.6) is 11.5 Å². The molecule has 166 valence electrons. The van der Waals surface area contributed by atoms with E-state index in [0.29, 0.717) is 28.6 Å². The Kier molecular flexibility index (Phi) is 5.93. The standard InChI is InChI=1S/C23H29N3O5/c1-13-19-18(20(23(27)25-19)26-10-8-24-9-11-26)17(22(31-5)21(13)30-4)14-6-7-15(28-2)16(12-14)29-3/h6-7,12,19-20,24H,1,8-11H2,2-5H3,(H,25,27). The van der Waals surface area contributed by atoms with Crippen LogP contribution in [0.25, 0.3) is 5.57 Å². The van der Waals surface area contributed by atoms with Gasteiger partial charge in [-0.1, -0.05) is 12.6 Å². The Morgan fingerprint density at radius 2 is 1.65 bits per heavy atom. The van der Waals surface area contributed by atoms with Crippen LogP contribution in [0.1, 0.15) is 5.56 Å².